The Morgan fingerprint density at radius 3 is 2.93 bits per heavy atom. The molecule has 30 heavy (non-hydrogen) atoms. The molecule has 0 spiro atoms. The Morgan fingerprint density at radius 1 is 1.27 bits per heavy atom. The summed E-state index contributed by atoms with van der Waals surface area (Å²) in [7, 11) is 0. The monoisotopic (exact) mass is 423 g/mol. The summed E-state index contributed by atoms with van der Waals surface area (Å²) in [6, 6.07) is 11.7. The maximum Gasteiger partial charge on any atom is 0.349 e. The summed E-state index contributed by atoms with van der Waals surface area (Å²) < 4.78 is 11.3. The summed E-state index contributed by atoms with van der Waals surface area (Å²) in [6.45, 7) is 4.83. The van der Waals surface area contributed by atoms with E-state index in [0.29, 0.717) is 30.4 Å². The number of thiophene rings is 1. The van der Waals surface area contributed by atoms with E-state index in [-0.39, 0.29) is 4.88 Å². The van der Waals surface area contributed by atoms with Crippen LogP contribution < -0.4 is 10.1 Å². The second kappa shape index (κ2) is 8.54. The smallest absolute Gasteiger partial charge is 0.349 e. The lowest BCUT2D eigenvalue weighted by Gasteiger charge is -2.07. The number of carboxylic acid groups (broad SMARTS) is 1. The van der Waals surface area contributed by atoms with Crippen LogP contribution in [0, 0.1) is 6.92 Å². The highest BCUT2D eigenvalue weighted by Gasteiger charge is 2.18. The molecule has 0 atom stereocenters. The number of nitrogens with one attached hydrogen (secondary N) is 1. The van der Waals surface area contributed by atoms with Gasteiger partial charge >= 0.3 is 5.97 Å². The van der Waals surface area contributed by atoms with Gasteiger partial charge in [-0.25, -0.2) is 14.8 Å². The topological polar surface area (TPSA) is 97.5 Å². The zero-order valence-electron chi connectivity index (χ0n) is 16.6. The predicted molar refractivity (Wildman–Crippen MR) is 117 cm³/mol. The highest BCUT2D eigenvalue weighted by Crippen LogP contribution is 2.36. The molecule has 7 nitrogen and oxygen atoms in total. The summed E-state index contributed by atoms with van der Waals surface area (Å²) in [5.74, 6) is 0.921. The summed E-state index contributed by atoms with van der Waals surface area (Å²) >= 11 is 1.14. The predicted octanol–water partition coefficient (Wildman–Crippen LogP) is 5.01. The average molecular weight is 423 g/mol. The van der Waals surface area contributed by atoms with Crippen molar-refractivity contribution in [2.75, 3.05) is 18.5 Å². The maximum atomic E-state index is 11.5. The highest BCUT2D eigenvalue weighted by molar-refractivity contribution is 7.17. The molecule has 0 saturated heterocycles. The first-order valence-electron chi connectivity index (χ1n) is 9.59. The number of benzene rings is 1. The van der Waals surface area contributed by atoms with Gasteiger partial charge < -0.3 is 19.6 Å². The van der Waals surface area contributed by atoms with Crippen LogP contribution in [0.1, 0.15) is 27.9 Å². The van der Waals surface area contributed by atoms with Crippen LogP contribution in [-0.4, -0.2) is 34.2 Å². The summed E-state index contributed by atoms with van der Waals surface area (Å²) in [6.07, 6.45) is 2.25. The Hall–Kier alpha value is -3.39. The van der Waals surface area contributed by atoms with Crippen LogP contribution in [0.5, 0.6) is 5.75 Å². The van der Waals surface area contributed by atoms with E-state index >= 15 is 0 Å². The first-order valence-corrected chi connectivity index (χ1v) is 10.4. The Morgan fingerprint density at radius 2 is 2.13 bits per heavy atom. The third-order valence-corrected chi connectivity index (χ3v) is 5.69. The largest absolute Gasteiger partial charge is 0.492 e. The number of anilines is 1. The van der Waals surface area contributed by atoms with Gasteiger partial charge in [-0.3, -0.25) is 0 Å². The molecule has 3 aromatic heterocycles. The molecule has 0 aliphatic heterocycles. The number of hydrogen-bond acceptors (Lipinski definition) is 7. The van der Waals surface area contributed by atoms with Crippen LogP contribution in [0.2, 0.25) is 0 Å². The number of para-hydroxylation sites is 1. The molecule has 3 heterocycles. The van der Waals surface area contributed by atoms with E-state index in [0.717, 1.165) is 44.9 Å². The lowest BCUT2D eigenvalue weighted by Crippen LogP contribution is -2.06. The van der Waals surface area contributed by atoms with Crippen LogP contribution in [-0.2, 0) is 6.42 Å². The van der Waals surface area contributed by atoms with Crippen molar-refractivity contribution >= 4 is 34.1 Å². The molecule has 4 rings (SSSR count). The van der Waals surface area contributed by atoms with Gasteiger partial charge in [-0.1, -0.05) is 18.2 Å². The number of aromatic nitrogens is 2. The molecule has 154 valence electrons. The van der Waals surface area contributed by atoms with Crippen LogP contribution in [0.4, 0.5) is 5.82 Å². The zero-order chi connectivity index (χ0) is 21.1. The number of carboxylic acids is 1. The number of hydrogen-bond donors (Lipinski definition) is 2. The van der Waals surface area contributed by atoms with Crippen molar-refractivity contribution in [2.24, 2.45) is 0 Å². The lowest BCUT2D eigenvalue weighted by molar-refractivity contribution is 0.0698. The van der Waals surface area contributed by atoms with E-state index in [1.165, 1.54) is 6.33 Å². The molecule has 0 aliphatic carbocycles. The van der Waals surface area contributed by atoms with E-state index in [1.54, 1.807) is 6.07 Å². The normalized spacial score (nSPS) is 11.0. The summed E-state index contributed by atoms with van der Waals surface area (Å²) in [5, 5.41) is 13.8. The number of fused-ring (bicyclic) bond motifs is 1. The molecule has 0 radical (unpaired) electrons. The van der Waals surface area contributed by atoms with Crippen LogP contribution in [0.15, 0.2) is 47.1 Å². The number of ether oxygens (including phenoxy) is 1. The number of aryl methyl sites for hydroxylation is 1. The molecule has 4 aromatic rings. The molecule has 0 bridgehead atoms. The van der Waals surface area contributed by atoms with Crippen LogP contribution >= 0.6 is 11.3 Å². The first-order chi connectivity index (χ1) is 14.5. The molecule has 1 aromatic carbocycles. The standard InChI is InChI=1S/C22H21N3O4S/c1-3-28-17-11-18(30-21(17)22(26)27)16-10-19(25-12-24-16)23-8-7-14-5-4-6-15-9-13(2)29-20(14)15/h4-6,9-12H,3,7-8H2,1-2H3,(H,26,27)(H,23,24,25). The van der Waals surface area contributed by atoms with Crippen molar-refractivity contribution < 1.29 is 19.1 Å². The summed E-state index contributed by atoms with van der Waals surface area (Å²) in [4.78, 5) is 20.9. The zero-order valence-corrected chi connectivity index (χ0v) is 17.5. The second-order valence-electron chi connectivity index (χ2n) is 6.70. The number of carbonyl (C=O) groups is 1. The fraction of sp³-hybridized carbons (Fsp3) is 0.227. The van der Waals surface area contributed by atoms with E-state index < -0.39 is 5.97 Å². The van der Waals surface area contributed by atoms with Crippen molar-refractivity contribution in [2.45, 2.75) is 20.3 Å². The molecular weight excluding hydrogens is 402 g/mol. The van der Waals surface area contributed by atoms with Gasteiger partial charge in [-0.05, 0) is 31.9 Å². The van der Waals surface area contributed by atoms with Gasteiger partial charge in [0, 0.05) is 24.1 Å². The molecule has 2 N–H and O–H groups in total. The van der Waals surface area contributed by atoms with Crippen molar-refractivity contribution in [3.63, 3.8) is 0 Å². The number of furan rings is 1. The lowest BCUT2D eigenvalue weighted by atomic mass is 10.1. The third kappa shape index (κ3) is 4.13. The number of nitrogens with zero attached hydrogens (tertiary/aromatic N) is 2. The fourth-order valence-corrected chi connectivity index (χ4v) is 4.18. The molecule has 0 saturated carbocycles. The first kappa shape index (κ1) is 19.9. The number of rotatable bonds is 8. The van der Waals surface area contributed by atoms with E-state index in [4.69, 9.17) is 9.15 Å². The molecule has 8 heteroatoms. The van der Waals surface area contributed by atoms with Gasteiger partial charge in [0.15, 0.2) is 4.88 Å². The molecular formula is C22H21N3O4S. The minimum Gasteiger partial charge on any atom is -0.492 e. The van der Waals surface area contributed by atoms with Gasteiger partial charge in [0.25, 0.3) is 0 Å². The second-order valence-corrected chi connectivity index (χ2v) is 7.75. The van der Waals surface area contributed by atoms with Gasteiger partial charge in [0.05, 0.1) is 17.2 Å². The Balaban J connectivity index is 1.49. The molecule has 0 amide bonds. The minimum absolute atomic E-state index is 0.168. The van der Waals surface area contributed by atoms with Gasteiger partial charge in [-0.15, -0.1) is 11.3 Å². The minimum atomic E-state index is -1.01. The van der Waals surface area contributed by atoms with E-state index in [1.807, 2.05) is 38.1 Å². The van der Waals surface area contributed by atoms with Gasteiger partial charge in [-0.2, -0.15) is 0 Å². The number of aromatic carboxylic acids is 1. The fourth-order valence-electron chi connectivity index (χ4n) is 3.28. The third-order valence-electron chi connectivity index (χ3n) is 4.56. The van der Waals surface area contributed by atoms with Crippen molar-refractivity contribution in [3.8, 4) is 16.3 Å². The van der Waals surface area contributed by atoms with Crippen molar-refractivity contribution in [1.29, 1.82) is 0 Å². The molecule has 0 unspecified atom stereocenters. The molecule has 0 fully saturated rings. The van der Waals surface area contributed by atoms with Gasteiger partial charge in [0.1, 0.15) is 29.2 Å². The quantitative estimate of drug-likeness (QED) is 0.411. The Bertz CT molecular complexity index is 1200. The summed E-state index contributed by atoms with van der Waals surface area (Å²) in [5.41, 5.74) is 2.70. The van der Waals surface area contributed by atoms with Crippen molar-refractivity contribution in [3.05, 3.63) is 58.9 Å². The van der Waals surface area contributed by atoms with Crippen LogP contribution in [0.3, 0.4) is 0 Å². The average Bonchev–Trinajstić information content (AvgIpc) is 3.32. The van der Waals surface area contributed by atoms with Crippen molar-refractivity contribution in [1.82, 2.24) is 9.97 Å². The molecule has 0 aliphatic rings. The SMILES string of the molecule is CCOc1cc(-c2cc(NCCc3cccc4cc(C)oc34)ncn2)sc1C(=O)O. The maximum absolute atomic E-state index is 11.5. The van der Waals surface area contributed by atoms with E-state index in [2.05, 4.69) is 21.4 Å². The highest BCUT2D eigenvalue weighted by atomic mass is 32.1. The van der Waals surface area contributed by atoms with Gasteiger partial charge in [0.2, 0.25) is 0 Å². The van der Waals surface area contributed by atoms with Crippen LogP contribution in [0.25, 0.3) is 21.5 Å². The Labute approximate surface area is 177 Å². The van der Waals surface area contributed by atoms with E-state index in [9.17, 15) is 9.90 Å². The Kier molecular flexibility index (Phi) is 5.67.